The van der Waals surface area contributed by atoms with Gasteiger partial charge < -0.3 is 15.4 Å². The van der Waals surface area contributed by atoms with Crippen molar-refractivity contribution in [1.82, 2.24) is 10.6 Å². The van der Waals surface area contributed by atoms with Crippen LogP contribution < -0.4 is 10.6 Å². The van der Waals surface area contributed by atoms with Gasteiger partial charge in [-0.2, -0.15) is 0 Å². The molecule has 1 saturated heterocycles. The minimum Gasteiger partial charge on any atom is -0.376 e. The summed E-state index contributed by atoms with van der Waals surface area (Å²) in [5, 5.41) is 5.19. The highest BCUT2D eigenvalue weighted by Gasteiger charge is 2.19. The second-order valence-corrected chi connectivity index (χ2v) is 4.13. The quantitative estimate of drug-likeness (QED) is 0.675. The van der Waals surface area contributed by atoms with E-state index in [0.717, 1.165) is 25.9 Å². The zero-order valence-electron chi connectivity index (χ0n) is 9.91. The van der Waals surface area contributed by atoms with Crippen LogP contribution in [0.25, 0.3) is 0 Å². The zero-order chi connectivity index (χ0) is 12.0. The molecule has 0 spiro atoms. The Morgan fingerprint density at radius 1 is 1.44 bits per heavy atom. The highest BCUT2D eigenvalue weighted by Crippen LogP contribution is 2.10. The highest BCUT2D eigenvalue weighted by atomic mass is 16.5. The highest BCUT2D eigenvalue weighted by molar-refractivity contribution is 6.35. The molecule has 2 unspecified atom stereocenters. The van der Waals surface area contributed by atoms with Crippen LogP contribution in [0.5, 0.6) is 0 Å². The Morgan fingerprint density at radius 2 is 2.19 bits per heavy atom. The largest absolute Gasteiger partial charge is 0.376 e. The number of amides is 2. The topological polar surface area (TPSA) is 67.4 Å². The summed E-state index contributed by atoms with van der Waals surface area (Å²) in [7, 11) is 0. The van der Waals surface area contributed by atoms with Gasteiger partial charge in [-0.1, -0.05) is 6.92 Å². The van der Waals surface area contributed by atoms with E-state index in [1.54, 1.807) is 0 Å². The molecule has 1 heterocycles. The van der Waals surface area contributed by atoms with Crippen LogP contribution in [0.2, 0.25) is 0 Å². The van der Waals surface area contributed by atoms with Crippen LogP contribution in [-0.4, -0.2) is 37.1 Å². The number of nitrogens with one attached hydrogen (secondary N) is 2. The van der Waals surface area contributed by atoms with E-state index in [0.29, 0.717) is 6.54 Å². The van der Waals surface area contributed by atoms with Crippen LogP contribution in [0.15, 0.2) is 0 Å². The lowest BCUT2D eigenvalue weighted by atomic mass is 10.2. The fourth-order valence-electron chi connectivity index (χ4n) is 1.48. The number of ether oxygens (including phenoxy) is 1. The number of hydrogen-bond acceptors (Lipinski definition) is 3. The molecule has 2 atom stereocenters. The Bertz CT molecular complexity index is 250. The molecular weight excluding hydrogens is 208 g/mol. The Hall–Kier alpha value is -1.10. The van der Waals surface area contributed by atoms with Crippen molar-refractivity contribution >= 4 is 11.8 Å². The van der Waals surface area contributed by atoms with E-state index in [-0.39, 0.29) is 12.1 Å². The molecule has 0 aromatic heterocycles. The molecule has 0 saturated carbocycles. The third kappa shape index (κ3) is 4.18. The molecular formula is C11H20N2O3. The molecule has 0 aromatic rings. The van der Waals surface area contributed by atoms with Crippen LogP contribution >= 0.6 is 0 Å². The molecule has 0 bridgehead atoms. The van der Waals surface area contributed by atoms with Crippen molar-refractivity contribution < 1.29 is 14.3 Å². The van der Waals surface area contributed by atoms with Gasteiger partial charge in [0.1, 0.15) is 0 Å². The summed E-state index contributed by atoms with van der Waals surface area (Å²) in [6.07, 6.45) is 2.86. The van der Waals surface area contributed by atoms with Crippen molar-refractivity contribution in [2.75, 3.05) is 13.2 Å². The molecule has 0 radical (unpaired) electrons. The van der Waals surface area contributed by atoms with Crippen LogP contribution in [0.3, 0.4) is 0 Å². The summed E-state index contributed by atoms with van der Waals surface area (Å²) in [4.78, 5) is 22.7. The monoisotopic (exact) mass is 228 g/mol. The summed E-state index contributed by atoms with van der Waals surface area (Å²) in [6, 6.07) is 0.0287. The van der Waals surface area contributed by atoms with Gasteiger partial charge in [-0.25, -0.2) is 0 Å². The van der Waals surface area contributed by atoms with Crippen molar-refractivity contribution in [2.45, 2.75) is 45.3 Å². The minimum atomic E-state index is -0.573. The van der Waals surface area contributed by atoms with Crippen molar-refractivity contribution in [3.8, 4) is 0 Å². The molecule has 2 amide bonds. The van der Waals surface area contributed by atoms with Crippen LogP contribution in [0.4, 0.5) is 0 Å². The molecule has 1 rings (SSSR count). The number of rotatable bonds is 4. The van der Waals surface area contributed by atoms with E-state index in [4.69, 9.17) is 4.74 Å². The molecule has 1 aliphatic rings. The number of carbonyl (C=O) groups excluding carboxylic acids is 2. The third-order valence-corrected chi connectivity index (χ3v) is 2.71. The van der Waals surface area contributed by atoms with E-state index in [9.17, 15) is 9.59 Å². The van der Waals surface area contributed by atoms with Crippen molar-refractivity contribution in [2.24, 2.45) is 0 Å². The maximum absolute atomic E-state index is 11.4. The average Bonchev–Trinajstić information content (AvgIpc) is 2.78. The molecule has 5 nitrogen and oxygen atoms in total. The van der Waals surface area contributed by atoms with Crippen LogP contribution in [-0.2, 0) is 14.3 Å². The number of carbonyl (C=O) groups is 2. The molecule has 92 valence electrons. The first-order valence-corrected chi connectivity index (χ1v) is 5.83. The Kier molecular flexibility index (Phi) is 5.25. The van der Waals surface area contributed by atoms with Crippen molar-refractivity contribution in [3.63, 3.8) is 0 Å². The molecule has 1 aliphatic heterocycles. The van der Waals surface area contributed by atoms with Gasteiger partial charge in [0.2, 0.25) is 0 Å². The summed E-state index contributed by atoms with van der Waals surface area (Å²) < 4.78 is 5.34. The first-order chi connectivity index (χ1) is 7.63. The lowest BCUT2D eigenvalue weighted by Gasteiger charge is -2.13. The van der Waals surface area contributed by atoms with Gasteiger partial charge in [-0.3, -0.25) is 9.59 Å². The summed E-state index contributed by atoms with van der Waals surface area (Å²) >= 11 is 0. The summed E-state index contributed by atoms with van der Waals surface area (Å²) in [5.41, 5.74) is 0. The smallest absolute Gasteiger partial charge is 0.309 e. The van der Waals surface area contributed by atoms with Gasteiger partial charge in [0.05, 0.1) is 6.10 Å². The summed E-state index contributed by atoms with van der Waals surface area (Å²) in [6.45, 7) is 4.99. The van der Waals surface area contributed by atoms with E-state index >= 15 is 0 Å². The van der Waals surface area contributed by atoms with E-state index < -0.39 is 11.8 Å². The predicted octanol–water partition coefficient (Wildman–Crippen LogP) is 0.196. The molecule has 0 aromatic carbocycles. The SMILES string of the molecule is CCC(C)NC(=O)C(=O)NCC1CCCO1. The Balaban J connectivity index is 2.20. The maximum atomic E-state index is 11.4. The lowest BCUT2D eigenvalue weighted by Crippen LogP contribution is -2.45. The Labute approximate surface area is 95.9 Å². The van der Waals surface area contributed by atoms with E-state index in [1.165, 1.54) is 0 Å². The van der Waals surface area contributed by atoms with Gasteiger partial charge in [0.25, 0.3) is 0 Å². The standard InChI is InChI=1S/C11H20N2O3/c1-3-8(2)13-11(15)10(14)12-7-9-5-4-6-16-9/h8-9H,3-7H2,1-2H3,(H,12,14)(H,13,15). The molecule has 16 heavy (non-hydrogen) atoms. The predicted molar refractivity (Wildman–Crippen MR) is 59.9 cm³/mol. The minimum absolute atomic E-state index is 0.0287. The normalized spacial score (nSPS) is 21.5. The van der Waals surface area contributed by atoms with Crippen molar-refractivity contribution in [3.05, 3.63) is 0 Å². The molecule has 5 heteroatoms. The summed E-state index contributed by atoms with van der Waals surface area (Å²) in [5.74, 6) is -1.14. The first-order valence-electron chi connectivity index (χ1n) is 5.83. The van der Waals surface area contributed by atoms with E-state index in [2.05, 4.69) is 10.6 Å². The third-order valence-electron chi connectivity index (χ3n) is 2.71. The lowest BCUT2D eigenvalue weighted by molar-refractivity contribution is -0.139. The second-order valence-electron chi connectivity index (χ2n) is 4.13. The average molecular weight is 228 g/mol. The molecule has 0 aliphatic carbocycles. The van der Waals surface area contributed by atoms with Gasteiger partial charge in [0.15, 0.2) is 0 Å². The van der Waals surface area contributed by atoms with Crippen LogP contribution in [0, 0.1) is 0 Å². The van der Waals surface area contributed by atoms with Gasteiger partial charge in [-0.15, -0.1) is 0 Å². The Morgan fingerprint density at radius 3 is 2.75 bits per heavy atom. The van der Waals surface area contributed by atoms with Crippen molar-refractivity contribution in [1.29, 1.82) is 0 Å². The van der Waals surface area contributed by atoms with E-state index in [1.807, 2.05) is 13.8 Å². The van der Waals surface area contributed by atoms with Crippen LogP contribution in [0.1, 0.15) is 33.1 Å². The second kappa shape index (κ2) is 6.48. The fourth-order valence-corrected chi connectivity index (χ4v) is 1.48. The fraction of sp³-hybridized carbons (Fsp3) is 0.818. The molecule has 2 N–H and O–H groups in total. The zero-order valence-corrected chi connectivity index (χ0v) is 9.91. The van der Waals surface area contributed by atoms with Gasteiger partial charge in [-0.05, 0) is 26.2 Å². The maximum Gasteiger partial charge on any atom is 0.309 e. The first kappa shape index (κ1) is 13.0. The van der Waals surface area contributed by atoms with Gasteiger partial charge >= 0.3 is 11.8 Å². The van der Waals surface area contributed by atoms with Gasteiger partial charge in [0, 0.05) is 19.2 Å². The number of hydrogen-bond donors (Lipinski definition) is 2. The molecule has 1 fully saturated rings.